The summed E-state index contributed by atoms with van der Waals surface area (Å²) in [5, 5.41) is 0. The summed E-state index contributed by atoms with van der Waals surface area (Å²) in [5.74, 6) is -4.60. The normalized spacial score (nSPS) is 11.2. The first-order valence-corrected chi connectivity index (χ1v) is 27.4. The fraction of sp³-hybridized carbons (Fsp3) is 0.818. The molecule has 0 radical (unpaired) electrons. The number of carbonyl (C=O) groups is 10. The Morgan fingerprint density at radius 1 is 0.197 bits per heavy atom. The highest BCUT2D eigenvalue weighted by molar-refractivity contribution is 5.73. The molecule has 0 aliphatic rings. The Kier molecular flexibility index (Phi) is 42.8. The van der Waals surface area contributed by atoms with E-state index in [4.69, 9.17) is 52.1 Å². The van der Waals surface area contributed by atoms with Gasteiger partial charge in [-0.05, 0) is 64.2 Å². The molecule has 21 heteroatoms. The van der Waals surface area contributed by atoms with Gasteiger partial charge in [-0.2, -0.15) is 0 Å². The van der Waals surface area contributed by atoms with Crippen molar-refractivity contribution in [3.05, 3.63) is 0 Å². The van der Waals surface area contributed by atoms with Gasteiger partial charge >= 0.3 is 59.7 Å². The second kappa shape index (κ2) is 44.8. The first-order valence-electron chi connectivity index (χ1n) is 27.4. The third kappa shape index (κ3) is 36.6. The van der Waals surface area contributed by atoms with Crippen molar-refractivity contribution < 1.29 is 100 Å². The zero-order valence-electron chi connectivity index (χ0n) is 47.7. The molecule has 0 unspecified atom stereocenters. The minimum absolute atomic E-state index is 0.153. The summed E-state index contributed by atoms with van der Waals surface area (Å²) in [6, 6.07) is 0. The van der Waals surface area contributed by atoms with E-state index in [1.165, 1.54) is 0 Å². The predicted molar refractivity (Wildman–Crippen MR) is 277 cm³/mol. The summed E-state index contributed by atoms with van der Waals surface area (Å²) in [5.41, 5.74) is -3.77. The Bertz CT molecular complexity index is 1420. The zero-order valence-corrected chi connectivity index (χ0v) is 47.7. The highest BCUT2D eigenvalue weighted by Gasteiger charge is 2.41. The van der Waals surface area contributed by atoms with E-state index in [0.29, 0.717) is 64.2 Å². The molecule has 0 amide bonds. The van der Waals surface area contributed by atoms with Crippen LogP contribution in [0.3, 0.4) is 0 Å². The molecule has 0 saturated heterocycles. The van der Waals surface area contributed by atoms with E-state index < -0.39 is 75.9 Å². The third-order valence-electron chi connectivity index (χ3n) is 10.8. The van der Waals surface area contributed by atoms with Crippen LogP contribution >= 0.6 is 0 Å². The Labute approximate surface area is 451 Å². The van der Waals surface area contributed by atoms with Crippen molar-refractivity contribution in [2.75, 3.05) is 79.3 Å². The summed E-state index contributed by atoms with van der Waals surface area (Å²) < 4.78 is 60.6. The molecule has 0 aromatic rings. The molecule has 0 aromatic carbocycles. The van der Waals surface area contributed by atoms with Crippen molar-refractivity contribution in [3.63, 3.8) is 0 Å². The van der Waals surface area contributed by atoms with Crippen molar-refractivity contribution in [3.8, 4) is 0 Å². The van der Waals surface area contributed by atoms with Crippen LogP contribution in [-0.2, 0) is 100 Å². The fourth-order valence-corrected chi connectivity index (χ4v) is 6.33. The fourth-order valence-electron chi connectivity index (χ4n) is 6.33. The lowest BCUT2D eigenvalue weighted by molar-refractivity contribution is -0.177. The standard InChI is InChI=1S/C34H58O13.C21H36O8/c1-7-13-27(35)42-21-33(22-43-28(36)14-8-2,23-44-29(37)15-9-3)19-41-20-34(24-45-30(38)16-10-4,25-46-31(39)17-11-5)26-47-32(40)18-12-6;1-5-9-17(22)26-13-21(14-27-18(23)10-6-2,15-28-19(24)11-7-3)16-29-20(25)12-8-4/h7-26H2,1-6H3;5-16H2,1-4H3. The minimum atomic E-state index is -1.31. The van der Waals surface area contributed by atoms with Crippen LogP contribution in [0, 0.1) is 16.2 Å². The van der Waals surface area contributed by atoms with Crippen LogP contribution in [0.1, 0.15) is 198 Å². The van der Waals surface area contributed by atoms with Crippen LogP contribution in [0.25, 0.3) is 0 Å². The van der Waals surface area contributed by atoms with Gasteiger partial charge < -0.3 is 52.1 Å². The van der Waals surface area contributed by atoms with Gasteiger partial charge in [-0.25, -0.2) is 0 Å². The van der Waals surface area contributed by atoms with Crippen molar-refractivity contribution >= 4 is 59.7 Å². The molecule has 0 heterocycles. The summed E-state index contributed by atoms with van der Waals surface area (Å²) in [6.45, 7) is 15.3. The van der Waals surface area contributed by atoms with E-state index in [-0.39, 0.29) is 143 Å². The quantitative estimate of drug-likeness (QED) is 0.0409. The zero-order chi connectivity index (χ0) is 57.7. The Morgan fingerprint density at radius 2 is 0.303 bits per heavy atom. The maximum absolute atomic E-state index is 12.4. The van der Waals surface area contributed by atoms with E-state index in [2.05, 4.69) is 0 Å². The number of hydrogen-bond donors (Lipinski definition) is 0. The average Bonchev–Trinajstić information content (AvgIpc) is 3.37. The van der Waals surface area contributed by atoms with E-state index in [1.807, 2.05) is 69.2 Å². The van der Waals surface area contributed by atoms with Gasteiger partial charge in [-0.3, -0.25) is 47.9 Å². The van der Waals surface area contributed by atoms with Gasteiger partial charge in [0.2, 0.25) is 0 Å². The van der Waals surface area contributed by atoms with Crippen molar-refractivity contribution in [2.24, 2.45) is 16.2 Å². The molecule has 0 aliphatic heterocycles. The second-order valence-electron chi connectivity index (χ2n) is 19.1. The molecular formula is C55H94O21. The maximum atomic E-state index is 12.4. The van der Waals surface area contributed by atoms with Crippen LogP contribution in [0.2, 0.25) is 0 Å². The number of rotatable bonds is 44. The van der Waals surface area contributed by atoms with Crippen molar-refractivity contribution in [2.45, 2.75) is 198 Å². The predicted octanol–water partition coefficient (Wildman–Crippen LogP) is 8.38. The Morgan fingerprint density at radius 3 is 0.408 bits per heavy atom. The van der Waals surface area contributed by atoms with Gasteiger partial charge in [0.05, 0.1) is 24.0 Å². The first-order chi connectivity index (χ1) is 36.3. The van der Waals surface area contributed by atoms with E-state index >= 15 is 0 Å². The largest absolute Gasteiger partial charge is 0.465 e. The SMILES string of the molecule is CCCC(=O)OCC(COC(=O)CCC)(COC(=O)CCC)COC(=O)CCC.CCCC(=O)OCC(COCC(COC(=O)CCC)(COC(=O)CCC)COC(=O)CCC)(COC(=O)CCC)COC(=O)CCC. The van der Waals surface area contributed by atoms with Gasteiger partial charge in [0.1, 0.15) is 71.5 Å². The summed E-state index contributed by atoms with van der Waals surface area (Å²) in [4.78, 5) is 122. The number of carbonyl (C=O) groups excluding carboxylic acids is 10. The van der Waals surface area contributed by atoms with Gasteiger partial charge in [-0.15, -0.1) is 0 Å². The van der Waals surface area contributed by atoms with E-state index in [0.717, 1.165) is 0 Å². The van der Waals surface area contributed by atoms with Crippen LogP contribution in [-0.4, -0.2) is 139 Å². The number of hydrogen-bond acceptors (Lipinski definition) is 21. The van der Waals surface area contributed by atoms with Crippen molar-refractivity contribution in [1.82, 2.24) is 0 Å². The third-order valence-corrected chi connectivity index (χ3v) is 10.8. The molecule has 0 fully saturated rings. The van der Waals surface area contributed by atoms with Crippen LogP contribution in [0.15, 0.2) is 0 Å². The molecule has 0 spiro atoms. The van der Waals surface area contributed by atoms with E-state index in [1.54, 1.807) is 0 Å². The lowest BCUT2D eigenvalue weighted by Gasteiger charge is -2.35. The van der Waals surface area contributed by atoms with Crippen LogP contribution in [0.5, 0.6) is 0 Å². The topological polar surface area (TPSA) is 272 Å². The first kappa shape index (κ1) is 72.7. The molecule has 0 saturated carbocycles. The van der Waals surface area contributed by atoms with Gasteiger partial charge in [0.15, 0.2) is 0 Å². The average molecular weight is 1090 g/mol. The lowest BCUT2D eigenvalue weighted by atomic mass is 9.90. The van der Waals surface area contributed by atoms with Crippen molar-refractivity contribution in [1.29, 1.82) is 0 Å². The summed E-state index contributed by atoms with van der Waals surface area (Å²) >= 11 is 0. The molecule has 21 nitrogen and oxygen atoms in total. The molecule has 0 aliphatic carbocycles. The van der Waals surface area contributed by atoms with E-state index in [9.17, 15) is 47.9 Å². The highest BCUT2D eigenvalue weighted by Crippen LogP contribution is 2.28. The Hall–Kier alpha value is -5.34. The lowest BCUT2D eigenvalue weighted by Crippen LogP contribution is -2.47. The molecule has 0 aromatic heterocycles. The Balaban J connectivity index is 0. The monoisotopic (exact) mass is 1090 g/mol. The summed E-state index contributed by atoms with van der Waals surface area (Å²) in [6.07, 6.45) is 7.62. The molecular weight excluding hydrogens is 997 g/mol. The van der Waals surface area contributed by atoms with Crippen LogP contribution < -0.4 is 0 Å². The maximum Gasteiger partial charge on any atom is 0.305 e. The minimum Gasteiger partial charge on any atom is -0.465 e. The second-order valence-corrected chi connectivity index (χ2v) is 19.1. The molecule has 0 N–H and O–H groups in total. The molecule has 0 bridgehead atoms. The van der Waals surface area contributed by atoms with Crippen LogP contribution in [0.4, 0.5) is 0 Å². The highest BCUT2D eigenvalue weighted by atomic mass is 16.6. The van der Waals surface area contributed by atoms with Gasteiger partial charge in [0.25, 0.3) is 0 Å². The molecule has 0 rings (SSSR count). The number of esters is 10. The molecule has 0 atom stereocenters. The van der Waals surface area contributed by atoms with Gasteiger partial charge in [-0.1, -0.05) is 69.2 Å². The molecule has 440 valence electrons. The molecule has 76 heavy (non-hydrogen) atoms. The smallest absolute Gasteiger partial charge is 0.305 e. The number of ether oxygens (including phenoxy) is 11. The van der Waals surface area contributed by atoms with Gasteiger partial charge in [0, 0.05) is 64.2 Å². The summed E-state index contributed by atoms with van der Waals surface area (Å²) in [7, 11) is 0.